The molecule has 0 spiro atoms. The summed E-state index contributed by atoms with van der Waals surface area (Å²) in [7, 11) is 2.67. The van der Waals surface area contributed by atoms with E-state index >= 15 is 0 Å². The van der Waals surface area contributed by atoms with Crippen LogP contribution < -0.4 is 0 Å². The number of rotatable bonds is 6. The molecule has 1 saturated carbocycles. The molecule has 184 valence electrons. The van der Waals surface area contributed by atoms with Crippen LogP contribution in [0.25, 0.3) is 39.7 Å². The largest absolute Gasteiger partial charge is 0.468 e. The normalized spacial score (nSPS) is 14.8. The van der Waals surface area contributed by atoms with Crippen molar-refractivity contribution in [3.05, 3.63) is 41.9 Å². The molecule has 0 unspecified atom stereocenters. The molecule has 0 saturated heterocycles. The van der Waals surface area contributed by atoms with E-state index in [-0.39, 0.29) is 18.2 Å². The van der Waals surface area contributed by atoms with Gasteiger partial charge in [0.15, 0.2) is 11.6 Å². The average molecular weight is 487 g/mol. The number of pyridine rings is 1. The number of aromatic amines is 1. The number of H-pyrrole nitrogens is 1. The van der Waals surface area contributed by atoms with Crippen molar-refractivity contribution in [1.29, 1.82) is 5.26 Å². The van der Waals surface area contributed by atoms with Crippen LogP contribution in [0.3, 0.4) is 0 Å². The fourth-order valence-electron chi connectivity index (χ4n) is 4.83. The number of hydrogen-bond donors (Lipinski definition) is 1. The van der Waals surface area contributed by atoms with Crippen molar-refractivity contribution in [1.82, 2.24) is 24.4 Å². The molecule has 1 aliphatic carbocycles. The molecule has 0 atom stereocenters. The lowest BCUT2D eigenvalue weighted by atomic mass is 9.95. The second-order valence-corrected chi connectivity index (χ2v) is 8.94. The number of methoxy groups -OCH3 is 1. The number of ether oxygens (including phenoxy) is 1. The summed E-state index contributed by atoms with van der Waals surface area (Å²) in [6.45, 7) is -0.259. The Morgan fingerprint density at radius 2 is 2.11 bits per heavy atom. The van der Waals surface area contributed by atoms with Crippen molar-refractivity contribution in [2.75, 3.05) is 20.7 Å². The average Bonchev–Trinajstić information content (AvgIpc) is 3.64. The third kappa shape index (κ3) is 4.24. The van der Waals surface area contributed by atoms with Crippen LogP contribution in [0.4, 0.5) is 0 Å². The van der Waals surface area contributed by atoms with E-state index in [9.17, 15) is 14.9 Å². The summed E-state index contributed by atoms with van der Waals surface area (Å²) in [5.74, 6) is 0.403. The summed E-state index contributed by atoms with van der Waals surface area (Å²) in [6, 6.07) is 7.70. The van der Waals surface area contributed by atoms with E-state index in [2.05, 4.69) is 19.3 Å². The first-order valence-corrected chi connectivity index (χ1v) is 11.9. The van der Waals surface area contributed by atoms with Crippen LogP contribution in [0.2, 0.25) is 0 Å². The number of hydrogen-bond acceptors (Lipinski definition) is 7. The predicted octanol–water partition coefficient (Wildman–Crippen LogP) is 4.22. The highest BCUT2D eigenvalue weighted by atomic mass is 16.5. The molecule has 1 amide bonds. The molecule has 5 rings (SSSR count). The van der Waals surface area contributed by atoms with Crippen LogP contribution in [0, 0.1) is 11.3 Å². The van der Waals surface area contributed by atoms with Crippen LogP contribution in [0.1, 0.15) is 43.9 Å². The number of likely N-dealkylation sites (N-methyl/N-ethyl adjacent to an activating group) is 1. The molecular formula is C26H26N6O4. The van der Waals surface area contributed by atoms with E-state index < -0.39 is 11.9 Å². The monoisotopic (exact) mass is 486 g/mol. The summed E-state index contributed by atoms with van der Waals surface area (Å²) < 4.78 is 12.9. The van der Waals surface area contributed by atoms with Crippen LogP contribution in [0.5, 0.6) is 0 Å². The van der Waals surface area contributed by atoms with Crippen LogP contribution in [-0.4, -0.2) is 57.0 Å². The number of fused-ring (bicyclic) bond motifs is 3. The number of carbonyl (C=O) groups is 2. The zero-order chi connectivity index (χ0) is 25.2. The first-order valence-electron chi connectivity index (χ1n) is 11.9. The number of nitrogens with zero attached hydrogens (tertiary/aromatic N) is 5. The second kappa shape index (κ2) is 9.70. The molecule has 10 nitrogen and oxygen atoms in total. The third-order valence-electron chi connectivity index (χ3n) is 6.60. The summed E-state index contributed by atoms with van der Waals surface area (Å²) in [6.07, 6.45) is 10.7. The molecule has 0 aromatic carbocycles. The van der Waals surface area contributed by atoms with Crippen LogP contribution in [-0.2, 0) is 14.3 Å². The number of amides is 1. The van der Waals surface area contributed by atoms with Gasteiger partial charge in [0.1, 0.15) is 35.1 Å². The number of esters is 1. The van der Waals surface area contributed by atoms with Crippen LogP contribution >= 0.6 is 0 Å². The fraction of sp³-hybridized carbons (Fsp3) is 0.346. The zero-order valence-electron chi connectivity index (χ0n) is 20.2. The van der Waals surface area contributed by atoms with Crippen molar-refractivity contribution in [3.8, 4) is 17.7 Å². The van der Waals surface area contributed by atoms with E-state index in [1.54, 1.807) is 18.3 Å². The van der Waals surface area contributed by atoms with Gasteiger partial charge in [-0.05, 0) is 31.0 Å². The van der Waals surface area contributed by atoms with Gasteiger partial charge in [-0.15, -0.1) is 0 Å². The van der Waals surface area contributed by atoms with Gasteiger partial charge in [0.05, 0.1) is 18.8 Å². The minimum atomic E-state index is -0.601. The maximum absolute atomic E-state index is 12.6. The molecule has 4 aromatic heterocycles. The molecule has 36 heavy (non-hydrogen) atoms. The molecule has 4 heterocycles. The molecule has 0 radical (unpaired) electrons. The van der Waals surface area contributed by atoms with Crippen molar-refractivity contribution in [2.24, 2.45) is 0 Å². The molecule has 0 aliphatic heterocycles. The lowest BCUT2D eigenvalue weighted by Crippen LogP contribution is -2.33. The maximum atomic E-state index is 12.6. The van der Waals surface area contributed by atoms with Gasteiger partial charge in [0.2, 0.25) is 0 Å². The molecule has 4 aromatic rings. The van der Waals surface area contributed by atoms with Gasteiger partial charge in [0.25, 0.3) is 5.91 Å². The molecule has 1 N–H and O–H groups in total. The molecule has 10 heteroatoms. The van der Waals surface area contributed by atoms with E-state index in [1.807, 2.05) is 18.3 Å². The summed E-state index contributed by atoms with van der Waals surface area (Å²) in [5, 5.41) is 10.6. The van der Waals surface area contributed by atoms with Crippen molar-refractivity contribution in [3.63, 3.8) is 0 Å². The van der Waals surface area contributed by atoms with Crippen molar-refractivity contribution in [2.45, 2.75) is 38.1 Å². The minimum absolute atomic E-state index is 0.152. The number of imidazole rings is 1. The van der Waals surface area contributed by atoms with Gasteiger partial charge in [-0.3, -0.25) is 9.59 Å². The highest BCUT2D eigenvalue weighted by Crippen LogP contribution is 2.38. The van der Waals surface area contributed by atoms with Gasteiger partial charge in [-0.1, -0.05) is 19.3 Å². The number of aromatic nitrogens is 4. The molecule has 0 bridgehead atoms. The highest BCUT2D eigenvalue weighted by Gasteiger charge is 2.26. The fourth-order valence-corrected chi connectivity index (χ4v) is 4.83. The Morgan fingerprint density at radius 1 is 1.31 bits per heavy atom. The molecule has 1 aliphatic rings. The lowest BCUT2D eigenvalue weighted by molar-refractivity contribution is -0.144. The maximum Gasteiger partial charge on any atom is 0.325 e. The smallest absolute Gasteiger partial charge is 0.325 e. The number of furan rings is 1. The summed E-state index contributed by atoms with van der Waals surface area (Å²) >= 11 is 0. The summed E-state index contributed by atoms with van der Waals surface area (Å²) in [5.41, 5.74) is 2.46. The first-order chi connectivity index (χ1) is 17.5. The lowest BCUT2D eigenvalue weighted by Gasteiger charge is -2.25. The first kappa shape index (κ1) is 23.4. The Balaban J connectivity index is 1.54. The van der Waals surface area contributed by atoms with Gasteiger partial charge in [-0.25, -0.2) is 9.97 Å². The quantitative estimate of drug-likeness (QED) is 0.245. The Morgan fingerprint density at radius 3 is 2.86 bits per heavy atom. The minimum Gasteiger partial charge on any atom is -0.468 e. The highest BCUT2D eigenvalue weighted by molar-refractivity contribution is 6.03. The molecular weight excluding hydrogens is 460 g/mol. The van der Waals surface area contributed by atoms with Crippen LogP contribution in [0.15, 0.2) is 40.6 Å². The Bertz CT molecular complexity index is 1510. The molecule has 1 fully saturated rings. The SMILES string of the molecule is COC(=O)CN(C)C(=O)/C(C#N)=C/c1ccc(-c2nc3cnc4[nH]ccc4c3n2C2CCCCC2)o1. The van der Waals surface area contributed by atoms with E-state index in [4.69, 9.17) is 9.40 Å². The second-order valence-electron chi connectivity index (χ2n) is 8.94. The Labute approximate surface area is 207 Å². The van der Waals surface area contributed by atoms with Gasteiger partial charge in [0, 0.05) is 30.7 Å². The van der Waals surface area contributed by atoms with Crippen molar-refractivity contribution >= 4 is 40.0 Å². The van der Waals surface area contributed by atoms with E-state index in [0.29, 0.717) is 17.3 Å². The third-order valence-corrected chi connectivity index (χ3v) is 6.60. The van der Waals surface area contributed by atoms with E-state index in [1.165, 1.54) is 26.7 Å². The van der Waals surface area contributed by atoms with Gasteiger partial charge >= 0.3 is 5.97 Å². The van der Waals surface area contributed by atoms with Crippen molar-refractivity contribution < 1.29 is 18.7 Å². The number of nitriles is 1. The number of nitrogens with one attached hydrogen (secondary N) is 1. The zero-order valence-corrected chi connectivity index (χ0v) is 20.2. The number of carbonyl (C=O) groups excluding carboxylic acids is 2. The summed E-state index contributed by atoms with van der Waals surface area (Å²) in [4.78, 5) is 37.8. The predicted molar refractivity (Wildman–Crippen MR) is 132 cm³/mol. The Hall–Kier alpha value is -4.39. The standard InChI is InChI=1S/C26H26N6O4/c1-31(15-22(33)35-2)26(34)16(13-27)12-18-8-9-21(36-18)25-30-20-14-29-24-19(10-11-28-24)23(20)32(25)17-6-4-3-5-7-17/h8-12,14,17H,3-7,15H2,1-2H3,(H,28,29)/b16-12+. The van der Waals surface area contributed by atoms with Gasteiger partial charge in [-0.2, -0.15) is 5.26 Å². The topological polar surface area (TPSA) is 130 Å². The van der Waals surface area contributed by atoms with E-state index in [0.717, 1.165) is 52.6 Å². The Kier molecular flexibility index (Phi) is 6.29. The van der Waals surface area contributed by atoms with Gasteiger partial charge < -0.3 is 23.6 Å².